The summed E-state index contributed by atoms with van der Waals surface area (Å²) in [4.78, 5) is 25.9. The number of rotatable bonds is 7. The second kappa shape index (κ2) is 9.84. The number of nitrogens with one attached hydrogen (secondary N) is 2. The first-order chi connectivity index (χ1) is 17.5. The van der Waals surface area contributed by atoms with E-state index in [1.165, 1.54) is 6.26 Å². The summed E-state index contributed by atoms with van der Waals surface area (Å²) in [5.74, 6) is -0.00366. The summed E-state index contributed by atoms with van der Waals surface area (Å²) in [6.07, 6.45) is 1.48. The van der Waals surface area contributed by atoms with E-state index in [-0.39, 0.29) is 23.5 Å². The Labute approximate surface area is 207 Å². The quantitative estimate of drug-likeness (QED) is 0.279. The fourth-order valence-electron chi connectivity index (χ4n) is 3.79. The van der Waals surface area contributed by atoms with Crippen LogP contribution in [-0.4, -0.2) is 12.5 Å². The van der Waals surface area contributed by atoms with Crippen molar-refractivity contribution < 1.29 is 18.4 Å². The van der Waals surface area contributed by atoms with Crippen LogP contribution in [-0.2, 0) is 4.79 Å². The molecule has 0 aliphatic rings. The zero-order valence-electron chi connectivity index (χ0n) is 19.8. The van der Waals surface area contributed by atoms with Crippen LogP contribution in [0.2, 0.25) is 0 Å². The highest BCUT2D eigenvalue weighted by atomic mass is 16.5. The molecule has 2 N–H and O–H groups in total. The minimum absolute atomic E-state index is 0.0711. The highest BCUT2D eigenvalue weighted by Gasteiger charge is 2.21. The van der Waals surface area contributed by atoms with E-state index < -0.39 is 5.91 Å². The number of benzene rings is 3. The molecule has 0 aliphatic carbocycles. The lowest BCUT2D eigenvalue weighted by Crippen LogP contribution is -2.22. The maximum atomic E-state index is 13.3. The molecule has 0 bridgehead atoms. The highest BCUT2D eigenvalue weighted by Crippen LogP contribution is 2.32. The van der Waals surface area contributed by atoms with Crippen molar-refractivity contribution in [2.75, 3.05) is 17.2 Å². The number of para-hydroxylation sites is 1. The molecule has 0 unspecified atom stereocenters. The van der Waals surface area contributed by atoms with Crippen molar-refractivity contribution in [2.45, 2.75) is 13.8 Å². The normalized spacial score (nSPS) is 10.8. The zero-order chi connectivity index (χ0) is 25.1. The van der Waals surface area contributed by atoms with Gasteiger partial charge in [0.25, 0.3) is 5.91 Å². The SMILES string of the molecule is Cc1cc2oc(-c3ccco3)c(OCC(=O)Nc3ccc(Nc4ccccc4)cc3)c(=O)c2cc1C. The molecule has 5 aromatic rings. The molecule has 0 saturated carbocycles. The fraction of sp³-hybridized carbons (Fsp3) is 0.103. The van der Waals surface area contributed by atoms with Crippen LogP contribution in [0.5, 0.6) is 5.75 Å². The Morgan fingerprint density at radius 1 is 0.861 bits per heavy atom. The molecule has 0 atom stereocenters. The van der Waals surface area contributed by atoms with Gasteiger partial charge in [-0.05, 0) is 85.6 Å². The second-order valence-electron chi connectivity index (χ2n) is 8.40. The van der Waals surface area contributed by atoms with Crippen LogP contribution in [0, 0.1) is 13.8 Å². The molecular formula is C29H24N2O5. The molecule has 5 rings (SSSR count). The largest absolute Gasteiger partial charge is 0.476 e. The van der Waals surface area contributed by atoms with E-state index in [1.807, 2.05) is 62.4 Å². The van der Waals surface area contributed by atoms with Crippen LogP contribution in [0.15, 0.2) is 98.8 Å². The van der Waals surface area contributed by atoms with Crippen molar-refractivity contribution in [2.24, 2.45) is 0 Å². The number of carbonyl (C=O) groups excluding carboxylic acids is 1. The molecular weight excluding hydrogens is 456 g/mol. The van der Waals surface area contributed by atoms with E-state index in [9.17, 15) is 9.59 Å². The van der Waals surface area contributed by atoms with Crippen molar-refractivity contribution >= 4 is 33.9 Å². The molecule has 0 aliphatic heterocycles. The van der Waals surface area contributed by atoms with Crippen molar-refractivity contribution in [3.05, 3.63) is 106 Å². The number of furan rings is 1. The average molecular weight is 481 g/mol. The molecule has 36 heavy (non-hydrogen) atoms. The predicted octanol–water partition coefficient (Wildman–Crippen LogP) is 6.43. The van der Waals surface area contributed by atoms with Gasteiger partial charge in [-0.1, -0.05) is 18.2 Å². The Morgan fingerprint density at radius 3 is 2.28 bits per heavy atom. The van der Waals surface area contributed by atoms with Crippen molar-refractivity contribution in [1.82, 2.24) is 0 Å². The summed E-state index contributed by atoms with van der Waals surface area (Å²) < 4.78 is 17.2. The lowest BCUT2D eigenvalue weighted by molar-refractivity contribution is -0.118. The van der Waals surface area contributed by atoms with Gasteiger partial charge in [0.1, 0.15) is 5.58 Å². The van der Waals surface area contributed by atoms with E-state index in [1.54, 1.807) is 30.3 Å². The maximum absolute atomic E-state index is 13.3. The van der Waals surface area contributed by atoms with Crippen LogP contribution in [0.3, 0.4) is 0 Å². The van der Waals surface area contributed by atoms with E-state index in [0.717, 1.165) is 22.5 Å². The summed E-state index contributed by atoms with van der Waals surface area (Å²) in [5, 5.41) is 6.45. The Morgan fingerprint density at radius 2 is 1.56 bits per heavy atom. The minimum atomic E-state index is -0.413. The third kappa shape index (κ3) is 4.86. The van der Waals surface area contributed by atoms with Crippen LogP contribution >= 0.6 is 0 Å². The minimum Gasteiger partial charge on any atom is -0.476 e. The number of hydrogen-bond acceptors (Lipinski definition) is 6. The molecule has 0 saturated heterocycles. The summed E-state index contributed by atoms with van der Waals surface area (Å²) in [6.45, 7) is 3.49. The number of hydrogen-bond donors (Lipinski definition) is 2. The summed E-state index contributed by atoms with van der Waals surface area (Å²) in [6, 6.07) is 24.0. The van der Waals surface area contributed by atoms with Gasteiger partial charge in [-0.25, -0.2) is 0 Å². The Balaban J connectivity index is 1.33. The van der Waals surface area contributed by atoms with Gasteiger partial charge in [0.2, 0.25) is 16.9 Å². The Kier molecular flexibility index (Phi) is 6.28. The molecule has 0 radical (unpaired) electrons. The zero-order valence-corrected chi connectivity index (χ0v) is 19.8. The number of amides is 1. The summed E-state index contributed by atoms with van der Waals surface area (Å²) in [7, 11) is 0. The van der Waals surface area contributed by atoms with Crippen LogP contribution in [0.4, 0.5) is 17.1 Å². The van der Waals surface area contributed by atoms with Crippen molar-refractivity contribution in [3.63, 3.8) is 0 Å². The van der Waals surface area contributed by atoms with Crippen molar-refractivity contribution in [1.29, 1.82) is 0 Å². The average Bonchev–Trinajstić information content (AvgIpc) is 3.41. The maximum Gasteiger partial charge on any atom is 0.262 e. The number of anilines is 3. The van der Waals surface area contributed by atoms with Gasteiger partial charge in [0, 0.05) is 17.1 Å². The van der Waals surface area contributed by atoms with Gasteiger partial charge in [-0.2, -0.15) is 0 Å². The van der Waals surface area contributed by atoms with Gasteiger partial charge in [-0.3, -0.25) is 9.59 Å². The predicted molar refractivity (Wildman–Crippen MR) is 140 cm³/mol. The standard InChI is InChI=1S/C29H24N2O5/c1-18-15-23-25(16-19(18)2)36-28(24-9-6-14-34-24)29(27(23)33)35-17-26(32)31-22-12-10-21(11-13-22)30-20-7-4-3-5-8-20/h3-16,30H,17H2,1-2H3,(H,31,32). The monoisotopic (exact) mass is 480 g/mol. The lowest BCUT2D eigenvalue weighted by Gasteiger charge is -2.12. The summed E-state index contributed by atoms with van der Waals surface area (Å²) >= 11 is 0. The van der Waals surface area contributed by atoms with E-state index in [2.05, 4.69) is 10.6 Å². The van der Waals surface area contributed by atoms with Gasteiger partial charge in [0.05, 0.1) is 11.6 Å². The number of fused-ring (bicyclic) bond motifs is 1. The number of carbonyl (C=O) groups is 1. The van der Waals surface area contributed by atoms with Gasteiger partial charge in [0.15, 0.2) is 12.4 Å². The smallest absolute Gasteiger partial charge is 0.262 e. The first kappa shape index (κ1) is 23.0. The topological polar surface area (TPSA) is 93.7 Å². The van der Waals surface area contributed by atoms with Gasteiger partial charge >= 0.3 is 0 Å². The summed E-state index contributed by atoms with van der Waals surface area (Å²) in [5.41, 5.74) is 4.46. The second-order valence-corrected chi connectivity index (χ2v) is 8.40. The molecule has 2 aromatic heterocycles. The van der Waals surface area contributed by atoms with Gasteiger partial charge < -0.3 is 24.2 Å². The van der Waals surface area contributed by atoms with Crippen LogP contribution in [0.1, 0.15) is 11.1 Å². The van der Waals surface area contributed by atoms with E-state index in [4.69, 9.17) is 13.6 Å². The third-order valence-electron chi connectivity index (χ3n) is 5.79. The molecule has 0 fully saturated rings. The first-order valence-electron chi connectivity index (χ1n) is 11.4. The molecule has 0 spiro atoms. The number of aryl methyl sites for hydroxylation is 2. The molecule has 3 aromatic carbocycles. The highest BCUT2D eigenvalue weighted by molar-refractivity contribution is 5.92. The molecule has 7 nitrogen and oxygen atoms in total. The first-order valence-corrected chi connectivity index (χ1v) is 11.4. The van der Waals surface area contributed by atoms with Crippen molar-refractivity contribution in [3.8, 4) is 17.3 Å². The Hall–Kier alpha value is -4.78. The van der Waals surface area contributed by atoms with E-state index >= 15 is 0 Å². The fourth-order valence-corrected chi connectivity index (χ4v) is 3.79. The Bertz CT molecular complexity index is 1570. The molecule has 180 valence electrons. The van der Waals surface area contributed by atoms with Crippen LogP contribution < -0.4 is 20.8 Å². The molecule has 7 heteroatoms. The number of ether oxygens (including phenoxy) is 1. The van der Waals surface area contributed by atoms with E-state index in [0.29, 0.717) is 22.4 Å². The molecule has 2 heterocycles. The molecule has 1 amide bonds. The van der Waals surface area contributed by atoms with Gasteiger partial charge in [-0.15, -0.1) is 0 Å². The third-order valence-corrected chi connectivity index (χ3v) is 5.79. The van der Waals surface area contributed by atoms with Crippen LogP contribution in [0.25, 0.3) is 22.5 Å². The lowest BCUT2D eigenvalue weighted by atomic mass is 10.1.